The third-order valence-electron chi connectivity index (χ3n) is 4.82. The number of nitrogens with one attached hydrogen (secondary N) is 1. The van der Waals surface area contributed by atoms with Gasteiger partial charge >= 0.3 is 0 Å². The van der Waals surface area contributed by atoms with Gasteiger partial charge in [-0.15, -0.1) is 0 Å². The van der Waals surface area contributed by atoms with Crippen LogP contribution in [0.1, 0.15) is 41.7 Å². The SMILES string of the molecule is COc1ccc(OC)c(C(C)NC(=O)c2ccc(Cl)c(N3CCCC3=O)c2)c1. The van der Waals surface area contributed by atoms with Gasteiger partial charge in [0.25, 0.3) is 5.91 Å². The van der Waals surface area contributed by atoms with Crippen LogP contribution in [0.3, 0.4) is 0 Å². The maximum atomic E-state index is 12.8. The van der Waals surface area contributed by atoms with E-state index < -0.39 is 0 Å². The van der Waals surface area contributed by atoms with Gasteiger partial charge in [-0.3, -0.25) is 9.59 Å². The molecule has 0 aliphatic carbocycles. The third kappa shape index (κ3) is 4.07. The molecule has 0 aromatic heterocycles. The van der Waals surface area contributed by atoms with Crippen LogP contribution in [0.25, 0.3) is 0 Å². The third-order valence-corrected chi connectivity index (χ3v) is 5.14. The first-order valence-corrected chi connectivity index (χ1v) is 9.45. The number of anilines is 1. The van der Waals surface area contributed by atoms with E-state index in [1.807, 2.05) is 13.0 Å². The Balaban J connectivity index is 1.82. The average molecular weight is 403 g/mol. The number of hydrogen-bond acceptors (Lipinski definition) is 4. The molecular weight excluding hydrogens is 380 g/mol. The van der Waals surface area contributed by atoms with Crippen molar-refractivity contribution in [3.63, 3.8) is 0 Å². The zero-order valence-electron chi connectivity index (χ0n) is 16.1. The molecule has 2 amide bonds. The Kier molecular flexibility index (Phi) is 6.09. The average Bonchev–Trinajstić information content (AvgIpc) is 3.13. The van der Waals surface area contributed by atoms with Crippen molar-refractivity contribution in [2.45, 2.75) is 25.8 Å². The molecule has 1 N–H and O–H groups in total. The van der Waals surface area contributed by atoms with Crippen LogP contribution in [0.15, 0.2) is 36.4 Å². The van der Waals surface area contributed by atoms with Crippen LogP contribution >= 0.6 is 11.6 Å². The summed E-state index contributed by atoms with van der Waals surface area (Å²) in [7, 11) is 3.17. The fraction of sp³-hybridized carbons (Fsp3) is 0.333. The van der Waals surface area contributed by atoms with E-state index in [9.17, 15) is 9.59 Å². The monoisotopic (exact) mass is 402 g/mol. The van der Waals surface area contributed by atoms with E-state index in [2.05, 4.69) is 5.32 Å². The Bertz CT molecular complexity index is 900. The Labute approximate surface area is 169 Å². The first-order chi connectivity index (χ1) is 13.4. The number of ether oxygens (including phenoxy) is 2. The Hall–Kier alpha value is -2.73. The van der Waals surface area contributed by atoms with Gasteiger partial charge in [0.1, 0.15) is 11.5 Å². The van der Waals surface area contributed by atoms with Crippen molar-refractivity contribution in [2.24, 2.45) is 0 Å². The number of nitrogens with zero attached hydrogens (tertiary/aromatic N) is 1. The Morgan fingerprint density at radius 3 is 2.61 bits per heavy atom. The Morgan fingerprint density at radius 2 is 1.96 bits per heavy atom. The lowest BCUT2D eigenvalue weighted by Gasteiger charge is -2.20. The van der Waals surface area contributed by atoms with E-state index in [0.717, 1.165) is 12.0 Å². The van der Waals surface area contributed by atoms with Gasteiger partial charge in [-0.1, -0.05) is 11.6 Å². The van der Waals surface area contributed by atoms with Crippen molar-refractivity contribution in [3.8, 4) is 11.5 Å². The number of carbonyl (C=O) groups is 2. The van der Waals surface area contributed by atoms with Crippen LogP contribution in [0.5, 0.6) is 11.5 Å². The van der Waals surface area contributed by atoms with Crippen molar-refractivity contribution in [1.82, 2.24) is 5.32 Å². The van der Waals surface area contributed by atoms with E-state index >= 15 is 0 Å². The van der Waals surface area contributed by atoms with Crippen molar-refractivity contribution in [2.75, 3.05) is 25.7 Å². The van der Waals surface area contributed by atoms with Crippen LogP contribution in [0, 0.1) is 0 Å². The number of benzene rings is 2. The molecule has 1 saturated heterocycles. The molecule has 6 nitrogen and oxygen atoms in total. The molecule has 148 valence electrons. The molecule has 1 heterocycles. The van der Waals surface area contributed by atoms with Crippen LogP contribution in [0.2, 0.25) is 5.02 Å². The summed E-state index contributed by atoms with van der Waals surface area (Å²) in [6.45, 7) is 2.48. The molecule has 1 atom stereocenters. The van der Waals surface area contributed by atoms with E-state index in [1.54, 1.807) is 49.5 Å². The number of carbonyl (C=O) groups excluding carboxylic acids is 2. The van der Waals surface area contributed by atoms with Gasteiger partial charge < -0.3 is 19.7 Å². The van der Waals surface area contributed by atoms with Crippen molar-refractivity contribution >= 4 is 29.1 Å². The molecule has 28 heavy (non-hydrogen) atoms. The second kappa shape index (κ2) is 8.52. The summed E-state index contributed by atoms with van der Waals surface area (Å²) in [4.78, 5) is 26.5. The van der Waals surface area contributed by atoms with Gasteiger partial charge in [-0.05, 0) is 49.7 Å². The molecule has 1 aliphatic rings. The smallest absolute Gasteiger partial charge is 0.251 e. The predicted octanol–water partition coefficient (Wildman–Crippen LogP) is 3.98. The second-order valence-corrected chi connectivity index (χ2v) is 7.03. The van der Waals surface area contributed by atoms with Crippen LogP contribution in [-0.2, 0) is 4.79 Å². The largest absolute Gasteiger partial charge is 0.497 e. The van der Waals surface area contributed by atoms with Gasteiger partial charge in [0.05, 0.1) is 31.0 Å². The molecule has 0 bridgehead atoms. The summed E-state index contributed by atoms with van der Waals surface area (Å²) in [6.07, 6.45) is 1.29. The molecule has 1 aliphatic heterocycles. The predicted molar refractivity (Wildman–Crippen MR) is 108 cm³/mol. The zero-order chi connectivity index (χ0) is 20.3. The van der Waals surface area contributed by atoms with Crippen molar-refractivity contribution in [3.05, 3.63) is 52.5 Å². The van der Waals surface area contributed by atoms with E-state index in [1.165, 1.54) is 0 Å². The van der Waals surface area contributed by atoms with E-state index in [4.69, 9.17) is 21.1 Å². The number of hydrogen-bond donors (Lipinski definition) is 1. The summed E-state index contributed by atoms with van der Waals surface area (Å²) in [6, 6.07) is 10.1. The summed E-state index contributed by atoms with van der Waals surface area (Å²) in [5, 5.41) is 3.42. The summed E-state index contributed by atoms with van der Waals surface area (Å²) < 4.78 is 10.7. The minimum Gasteiger partial charge on any atom is -0.497 e. The van der Waals surface area contributed by atoms with Crippen molar-refractivity contribution in [1.29, 1.82) is 0 Å². The summed E-state index contributed by atoms with van der Waals surface area (Å²) >= 11 is 6.26. The molecule has 0 spiro atoms. The summed E-state index contributed by atoms with van der Waals surface area (Å²) in [5.41, 5.74) is 1.82. The lowest BCUT2D eigenvalue weighted by molar-refractivity contribution is -0.117. The van der Waals surface area contributed by atoms with E-state index in [0.29, 0.717) is 40.7 Å². The normalized spacial score (nSPS) is 14.7. The molecule has 0 saturated carbocycles. The number of methoxy groups -OCH3 is 2. The first kappa shape index (κ1) is 20.0. The highest BCUT2D eigenvalue weighted by atomic mass is 35.5. The van der Waals surface area contributed by atoms with Crippen LogP contribution in [0.4, 0.5) is 5.69 Å². The first-order valence-electron chi connectivity index (χ1n) is 9.07. The van der Waals surface area contributed by atoms with Gasteiger partial charge in [0.15, 0.2) is 0 Å². The fourth-order valence-electron chi connectivity index (χ4n) is 3.30. The standard InChI is InChI=1S/C21H23ClN2O4/c1-13(16-12-15(27-2)7-9-19(16)28-3)23-21(26)14-6-8-17(22)18(11-14)24-10-4-5-20(24)25/h6-9,11-13H,4-5,10H2,1-3H3,(H,23,26). The fourth-order valence-corrected chi connectivity index (χ4v) is 3.52. The molecule has 0 radical (unpaired) electrons. The molecule has 2 aromatic rings. The molecular formula is C21H23ClN2O4. The highest BCUT2D eigenvalue weighted by Crippen LogP contribution is 2.32. The minimum absolute atomic E-state index is 0.0222. The molecule has 3 rings (SSSR count). The number of rotatable bonds is 6. The number of amides is 2. The lowest BCUT2D eigenvalue weighted by Crippen LogP contribution is -2.28. The van der Waals surface area contributed by atoms with Crippen molar-refractivity contribution < 1.29 is 19.1 Å². The molecule has 2 aromatic carbocycles. The van der Waals surface area contributed by atoms with Crippen LogP contribution in [-0.4, -0.2) is 32.6 Å². The maximum absolute atomic E-state index is 12.8. The minimum atomic E-state index is -0.315. The highest BCUT2D eigenvalue weighted by Gasteiger charge is 2.25. The van der Waals surface area contributed by atoms with Gasteiger partial charge in [-0.2, -0.15) is 0 Å². The maximum Gasteiger partial charge on any atom is 0.251 e. The molecule has 1 unspecified atom stereocenters. The Morgan fingerprint density at radius 1 is 1.18 bits per heavy atom. The van der Waals surface area contributed by atoms with E-state index in [-0.39, 0.29) is 17.9 Å². The van der Waals surface area contributed by atoms with Gasteiger partial charge in [0.2, 0.25) is 5.91 Å². The highest BCUT2D eigenvalue weighted by molar-refractivity contribution is 6.34. The van der Waals surface area contributed by atoms with Crippen LogP contribution < -0.4 is 19.7 Å². The quantitative estimate of drug-likeness (QED) is 0.793. The lowest BCUT2D eigenvalue weighted by atomic mass is 10.1. The second-order valence-electron chi connectivity index (χ2n) is 6.62. The number of halogens is 1. The van der Waals surface area contributed by atoms with Gasteiger partial charge in [-0.25, -0.2) is 0 Å². The molecule has 7 heteroatoms. The van der Waals surface area contributed by atoms with Gasteiger partial charge in [0, 0.05) is 24.1 Å². The molecule has 1 fully saturated rings. The topological polar surface area (TPSA) is 67.9 Å². The zero-order valence-corrected chi connectivity index (χ0v) is 16.9. The summed E-state index contributed by atoms with van der Waals surface area (Å²) in [5.74, 6) is 1.10.